The first-order valence-electron chi connectivity index (χ1n) is 7.86. The van der Waals surface area contributed by atoms with Crippen LogP contribution in [-0.4, -0.2) is 11.8 Å². The molecule has 3 rings (SSSR count). The minimum Gasteiger partial charge on any atom is -0.445 e. The summed E-state index contributed by atoms with van der Waals surface area (Å²) in [5, 5.41) is 0. The van der Waals surface area contributed by atoms with Crippen LogP contribution in [0.2, 0.25) is 0 Å². The fraction of sp³-hybridized carbons (Fsp3) is 0.0476. The van der Waals surface area contributed by atoms with Gasteiger partial charge in [-0.1, -0.05) is 76.6 Å². The van der Waals surface area contributed by atoms with Crippen molar-refractivity contribution in [2.24, 2.45) is 0 Å². The smallest absolute Gasteiger partial charge is 0.340 e. The first kappa shape index (κ1) is 18.5. The van der Waals surface area contributed by atoms with Gasteiger partial charge in [-0.25, -0.2) is 4.79 Å². The van der Waals surface area contributed by atoms with Gasteiger partial charge in [-0.05, 0) is 34.1 Å². The van der Waals surface area contributed by atoms with Crippen LogP contribution in [0.15, 0.2) is 87.8 Å². The van der Waals surface area contributed by atoms with Crippen molar-refractivity contribution in [2.75, 3.05) is 0 Å². The molecule has 0 aliphatic rings. The maximum atomic E-state index is 13.0. The highest BCUT2D eigenvalue weighted by molar-refractivity contribution is 9.11. The van der Waals surface area contributed by atoms with Crippen LogP contribution in [0.25, 0.3) is 0 Å². The van der Waals surface area contributed by atoms with Gasteiger partial charge in [0.1, 0.15) is 0 Å². The van der Waals surface area contributed by atoms with Crippen molar-refractivity contribution < 1.29 is 14.3 Å². The zero-order valence-corrected chi connectivity index (χ0v) is 16.7. The van der Waals surface area contributed by atoms with Crippen LogP contribution in [0.5, 0.6) is 0 Å². The van der Waals surface area contributed by atoms with E-state index >= 15 is 0 Å². The molecule has 0 heterocycles. The Morgan fingerprint density at radius 3 is 2.08 bits per heavy atom. The molecule has 0 aliphatic heterocycles. The third-order valence-corrected chi connectivity index (χ3v) is 4.96. The molecule has 0 amide bonds. The van der Waals surface area contributed by atoms with E-state index in [0.29, 0.717) is 21.2 Å². The average Bonchev–Trinajstić information content (AvgIpc) is 2.68. The standard InChI is InChI=1S/C21H14Br2O3/c22-16-11-12-18(23)17(13-16)21(25)26-20(15-9-5-2-6-10-15)19(24)14-7-3-1-4-8-14/h1-13,20H. The van der Waals surface area contributed by atoms with E-state index in [1.54, 1.807) is 48.5 Å². The molecule has 3 aromatic carbocycles. The summed E-state index contributed by atoms with van der Waals surface area (Å²) in [6, 6.07) is 23.0. The lowest BCUT2D eigenvalue weighted by Gasteiger charge is -2.18. The molecule has 1 unspecified atom stereocenters. The van der Waals surface area contributed by atoms with Crippen LogP contribution in [0.1, 0.15) is 32.4 Å². The summed E-state index contributed by atoms with van der Waals surface area (Å²) in [4.78, 5) is 25.7. The summed E-state index contributed by atoms with van der Waals surface area (Å²) in [5.41, 5.74) is 1.46. The van der Waals surface area contributed by atoms with Gasteiger partial charge in [0.05, 0.1) is 5.56 Å². The van der Waals surface area contributed by atoms with Crippen LogP contribution in [0.3, 0.4) is 0 Å². The summed E-state index contributed by atoms with van der Waals surface area (Å²) in [6.07, 6.45) is -1.02. The van der Waals surface area contributed by atoms with Crippen LogP contribution in [0.4, 0.5) is 0 Å². The van der Waals surface area contributed by atoms with Gasteiger partial charge >= 0.3 is 5.97 Å². The normalized spacial score (nSPS) is 11.6. The number of esters is 1. The zero-order chi connectivity index (χ0) is 18.5. The molecule has 0 fully saturated rings. The third-order valence-electron chi connectivity index (χ3n) is 3.77. The minimum atomic E-state index is -1.02. The number of carbonyl (C=O) groups excluding carboxylic acids is 2. The molecule has 3 aromatic rings. The highest BCUT2D eigenvalue weighted by atomic mass is 79.9. The Balaban J connectivity index is 1.95. The van der Waals surface area contributed by atoms with Gasteiger partial charge in [-0.3, -0.25) is 4.79 Å². The lowest BCUT2D eigenvalue weighted by atomic mass is 10.00. The molecule has 0 radical (unpaired) electrons. The number of rotatable bonds is 5. The van der Waals surface area contributed by atoms with E-state index < -0.39 is 12.1 Å². The quantitative estimate of drug-likeness (QED) is 0.337. The largest absolute Gasteiger partial charge is 0.445 e. The first-order valence-corrected chi connectivity index (χ1v) is 9.45. The Hall–Kier alpha value is -2.24. The van der Waals surface area contributed by atoms with E-state index in [4.69, 9.17) is 4.74 Å². The van der Waals surface area contributed by atoms with Crippen molar-refractivity contribution in [1.82, 2.24) is 0 Å². The second kappa shape index (κ2) is 8.43. The molecule has 0 N–H and O–H groups in total. The SMILES string of the molecule is O=C(OC(C(=O)c1ccccc1)c1ccccc1)c1cc(Br)ccc1Br. The Bertz CT molecular complexity index is 925. The van der Waals surface area contributed by atoms with Gasteiger partial charge in [0.25, 0.3) is 0 Å². The molecule has 3 nitrogen and oxygen atoms in total. The second-order valence-corrected chi connectivity index (χ2v) is 7.32. The summed E-state index contributed by atoms with van der Waals surface area (Å²) in [7, 11) is 0. The van der Waals surface area contributed by atoms with Crippen LogP contribution in [-0.2, 0) is 4.74 Å². The minimum absolute atomic E-state index is 0.267. The molecule has 0 spiro atoms. The molecule has 0 saturated heterocycles. The van der Waals surface area contributed by atoms with Gasteiger partial charge in [-0.2, -0.15) is 0 Å². The molecule has 0 bridgehead atoms. The van der Waals surface area contributed by atoms with Gasteiger partial charge in [0.15, 0.2) is 6.10 Å². The summed E-state index contributed by atoms with van der Waals surface area (Å²) >= 11 is 6.70. The second-order valence-electron chi connectivity index (χ2n) is 5.55. The van der Waals surface area contributed by atoms with Crippen molar-refractivity contribution in [1.29, 1.82) is 0 Å². The fourth-order valence-corrected chi connectivity index (χ4v) is 3.25. The van der Waals surface area contributed by atoms with Crippen molar-refractivity contribution >= 4 is 43.6 Å². The Morgan fingerprint density at radius 1 is 0.808 bits per heavy atom. The van der Waals surface area contributed by atoms with Crippen LogP contribution < -0.4 is 0 Å². The zero-order valence-electron chi connectivity index (χ0n) is 13.6. The molecule has 0 saturated carbocycles. The molecule has 5 heteroatoms. The van der Waals surface area contributed by atoms with Gasteiger partial charge < -0.3 is 4.74 Å². The molecule has 0 aliphatic carbocycles. The van der Waals surface area contributed by atoms with E-state index in [9.17, 15) is 9.59 Å². The third kappa shape index (κ3) is 4.29. The number of carbonyl (C=O) groups is 2. The summed E-state index contributed by atoms with van der Waals surface area (Å²) in [6.45, 7) is 0. The van der Waals surface area contributed by atoms with Crippen molar-refractivity contribution in [3.63, 3.8) is 0 Å². The highest BCUT2D eigenvalue weighted by Gasteiger charge is 2.27. The molecular formula is C21H14Br2O3. The number of ether oxygens (including phenoxy) is 1. The predicted octanol–water partition coefficient (Wildman–Crippen LogP) is 5.99. The van der Waals surface area contributed by atoms with E-state index in [-0.39, 0.29) is 5.78 Å². The van der Waals surface area contributed by atoms with Gasteiger partial charge in [-0.15, -0.1) is 0 Å². The number of hydrogen-bond acceptors (Lipinski definition) is 3. The van der Waals surface area contributed by atoms with E-state index in [1.807, 2.05) is 30.3 Å². The molecule has 26 heavy (non-hydrogen) atoms. The van der Waals surface area contributed by atoms with Crippen molar-refractivity contribution in [3.05, 3.63) is 104 Å². The number of halogens is 2. The number of benzene rings is 3. The highest BCUT2D eigenvalue weighted by Crippen LogP contribution is 2.27. The van der Waals surface area contributed by atoms with E-state index in [0.717, 1.165) is 4.47 Å². The molecule has 0 aromatic heterocycles. The van der Waals surface area contributed by atoms with Crippen molar-refractivity contribution in [3.8, 4) is 0 Å². The molecular weight excluding hydrogens is 460 g/mol. The predicted molar refractivity (Wildman–Crippen MR) is 107 cm³/mol. The van der Waals surface area contributed by atoms with E-state index in [2.05, 4.69) is 31.9 Å². The van der Waals surface area contributed by atoms with Crippen LogP contribution in [0, 0.1) is 0 Å². The number of Topliss-reactive ketones (excluding diaryl/α,β-unsaturated/α-hetero) is 1. The lowest BCUT2D eigenvalue weighted by molar-refractivity contribution is 0.0279. The van der Waals surface area contributed by atoms with Crippen molar-refractivity contribution in [2.45, 2.75) is 6.10 Å². The number of ketones is 1. The Kier molecular flexibility index (Phi) is 6.01. The van der Waals surface area contributed by atoms with Gasteiger partial charge in [0.2, 0.25) is 5.78 Å². The van der Waals surface area contributed by atoms with E-state index in [1.165, 1.54) is 0 Å². The van der Waals surface area contributed by atoms with Crippen LogP contribution >= 0.6 is 31.9 Å². The summed E-state index contributed by atoms with van der Waals surface area (Å²) in [5.74, 6) is -0.840. The summed E-state index contributed by atoms with van der Waals surface area (Å²) < 4.78 is 6.99. The maximum Gasteiger partial charge on any atom is 0.340 e. The topological polar surface area (TPSA) is 43.4 Å². The average molecular weight is 474 g/mol. The fourth-order valence-electron chi connectivity index (χ4n) is 2.48. The number of hydrogen-bond donors (Lipinski definition) is 0. The Labute approximate surface area is 168 Å². The van der Waals surface area contributed by atoms with Gasteiger partial charge in [0, 0.05) is 20.1 Å². The lowest BCUT2D eigenvalue weighted by Crippen LogP contribution is -2.20. The first-order chi connectivity index (χ1) is 12.6. The molecule has 1 atom stereocenters. The molecule has 130 valence electrons. The maximum absolute atomic E-state index is 13.0. The Morgan fingerprint density at radius 2 is 1.42 bits per heavy atom. The monoisotopic (exact) mass is 472 g/mol.